The standard InChI is InChI=1S/C22H24N2OS2.2ClH/c1-25-21-4-2-20(3-5-21)24-12-10-23(11-13-24)9-6-22(18-7-14-26-16-18)19-8-15-27-17-19;;/h2-8,14-17H,9-13H2,1H3;2*1H. The summed E-state index contributed by atoms with van der Waals surface area (Å²) in [6, 6.07) is 13.0. The van der Waals surface area contributed by atoms with Gasteiger partial charge in [0.2, 0.25) is 0 Å². The number of thiophene rings is 2. The molecule has 1 saturated heterocycles. The van der Waals surface area contributed by atoms with Gasteiger partial charge in [0.05, 0.1) is 13.7 Å². The number of hydrogen-bond acceptors (Lipinski definition) is 3. The van der Waals surface area contributed by atoms with Crippen LogP contribution < -0.4 is 39.4 Å². The molecule has 2 N–H and O–H groups in total. The topological polar surface area (TPSA) is 18.1 Å². The van der Waals surface area contributed by atoms with Crippen LogP contribution in [-0.4, -0.2) is 39.8 Å². The van der Waals surface area contributed by atoms with Crippen molar-refractivity contribution in [2.75, 3.05) is 39.8 Å². The van der Waals surface area contributed by atoms with Crippen molar-refractivity contribution in [1.29, 1.82) is 0 Å². The molecule has 0 atom stereocenters. The Kier molecular flexibility index (Phi) is 9.69. The van der Waals surface area contributed by atoms with Gasteiger partial charge in [0, 0.05) is 12.1 Å². The summed E-state index contributed by atoms with van der Waals surface area (Å²) in [5, 5.41) is 8.84. The van der Waals surface area contributed by atoms with E-state index in [4.69, 9.17) is 4.74 Å². The maximum atomic E-state index is 5.27. The summed E-state index contributed by atoms with van der Waals surface area (Å²) in [5.74, 6) is 0.932. The minimum Gasteiger partial charge on any atom is -1.00 e. The highest BCUT2D eigenvalue weighted by Gasteiger charge is 2.24. The minimum absolute atomic E-state index is 0. The normalized spacial score (nSPS) is 18.2. The number of rotatable bonds is 6. The predicted octanol–water partition coefficient (Wildman–Crippen LogP) is -3.63. The fourth-order valence-electron chi connectivity index (χ4n) is 3.71. The lowest BCUT2D eigenvalue weighted by Crippen LogP contribution is -3.26. The highest BCUT2D eigenvalue weighted by Crippen LogP contribution is 2.26. The van der Waals surface area contributed by atoms with E-state index in [9.17, 15) is 0 Å². The number of quaternary nitrogens is 2. The summed E-state index contributed by atoms with van der Waals surface area (Å²) in [4.78, 5) is 3.26. The summed E-state index contributed by atoms with van der Waals surface area (Å²) in [5.41, 5.74) is 5.46. The van der Waals surface area contributed by atoms with Crippen molar-refractivity contribution in [3.05, 3.63) is 75.1 Å². The molecule has 0 aliphatic carbocycles. The molecule has 2 aromatic heterocycles. The lowest BCUT2D eigenvalue weighted by Gasteiger charge is -2.29. The maximum Gasteiger partial charge on any atom is 0.132 e. The van der Waals surface area contributed by atoms with Gasteiger partial charge in [-0.05, 0) is 68.6 Å². The second kappa shape index (κ2) is 11.7. The number of ether oxygens (including phenoxy) is 1. The van der Waals surface area contributed by atoms with E-state index in [-0.39, 0.29) is 24.8 Å². The highest BCUT2D eigenvalue weighted by molar-refractivity contribution is 7.08. The van der Waals surface area contributed by atoms with E-state index >= 15 is 0 Å². The summed E-state index contributed by atoms with van der Waals surface area (Å²) < 4.78 is 5.27. The summed E-state index contributed by atoms with van der Waals surface area (Å²) in [6.07, 6.45) is 2.44. The number of hydrogen-bond donors (Lipinski definition) is 2. The van der Waals surface area contributed by atoms with Crippen molar-refractivity contribution in [2.45, 2.75) is 0 Å². The van der Waals surface area contributed by atoms with Gasteiger partial charge in [0.25, 0.3) is 0 Å². The molecule has 0 saturated carbocycles. The van der Waals surface area contributed by atoms with Crippen molar-refractivity contribution in [1.82, 2.24) is 0 Å². The Morgan fingerprint density at radius 3 is 1.97 bits per heavy atom. The highest BCUT2D eigenvalue weighted by atomic mass is 35.5. The van der Waals surface area contributed by atoms with Crippen LogP contribution in [0, 0.1) is 0 Å². The molecule has 0 bridgehead atoms. The van der Waals surface area contributed by atoms with Crippen LogP contribution in [0.25, 0.3) is 5.57 Å². The third-order valence-corrected chi connectivity index (χ3v) is 6.68. The van der Waals surface area contributed by atoms with Gasteiger partial charge in [-0.3, -0.25) is 4.90 Å². The molecule has 0 unspecified atom stereocenters. The van der Waals surface area contributed by atoms with Crippen LogP contribution in [0.4, 0.5) is 5.69 Å². The first-order chi connectivity index (χ1) is 13.3. The van der Waals surface area contributed by atoms with Crippen molar-refractivity contribution < 1.29 is 39.4 Å². The van der Waals surface area contributed by atoms with Gasteiger partial charge in [-0.15, -0.1) is 0 Å². The van der Waals surface area contributed by atoms with Crippen LogP contribution in [0.1, 0.15) is 11.1 Å². The van der Waals surface area contributed by atoms with Crippen LogP contribution in [0.2, 0.25) is 0 Å². The molecule has 3 aromatic rings. The molecule has 3 heterocycles. The first-order valence-corrected chi connectivity index (χ1v) is 11.3. The van der Waals surface area contributed by atoms with Crippen molar-refractivity contribution in [2.24, 2.45) is 0 Å². The molecule has 156 valence electrons. The number of halogens is 2. The smallest absolute Gasteiger partial charge is 0.132 e. The Labute approximate surface area is 193 Å². The second-order valence-corrected chi connectivity index (χ2v) is 8.49. The summed E-state index contributed by atoms with van der Waals surface area (Å²) in [7, 11) is 1.72. The molecule has 4 rings (SSSR count). The molecular weight excluding hydrogens is 443 g/mol. The lowest BCUT2D eigenvalue weighted by atomic mass is 10.0. The predicted molar refractivity (Wildman–Crippen MR) is 115 cm³/mol. The lowest BCUT2D eigenvalue weighted by molar-refractivity contribution is -0.983. The number of nitrogens with one attached hydrogen (secondary N) is 2. The Morgan fingerprint density at radius 1 is 0.897 bits per heavy atom. The first kappa shape index (κ1) is 23.9. The molecule has 0 spiro atoms. The molecule has 1 aliphatic heterocycles. The van der Waals surface area contributed by atoms with Crippen molar-refractivity contribution in [3.8, 4) is 5.75 Å². The quantitative estimate of drug-likeness (QED) is 0.382. The van der Waals surface area contributed by atoms with Crippen molar-refractivity contribution >= 4 is 33.9 Å². The van der Waals surface area contributed by atoms with Gasteiger partial charge >= 0.3 is 0 Å². The summed E-state index contributed by atoms with van der Waals surface area (Å²) >= 11 is 3.54. The van der Waals surface area contributed by atoms with E-state index in [0.717, 1.165) is 12.3 Å². The summed E-state index contributed by atoms with van der Waals surface area (Å²) in [6.45, 7) is 5.87. The molecule has 1 aromatic carbocycles. The Morgan fingerprint density at radius 2 is 1.48 bits per heavy atom. The largest absolute Gasteiger partial charge is 1.00 e. The van der Waals surface area contributed by atoms with E-state index in [1.54, 1.807) is 39.6 Å². The Balaban J connectivity index is 0.00000150. The zero-order valence-electron chi connectivity index (χ0n) is 16.4. The molecule has 29 heavy (non-hydrogen) atoms. The van der Waals surface area contributed by atoms with Gasteiger partial charge in [-0.1, -0.05) is 0 Å². The van der Waals surface area contributed by atoms with Crippen LogP contribution >= 0.6 is 22.7 Å². The Hall–Kier alpha value is -1.34. The van der Waals surface area contributed by atoms with E-state index in [1.165, 1.54) is 48.6 Å². The van der Waals surface area contributed by atoms with E-state index in [1.807, 2.05) is 0 Å². The molecule has 1 fully saturated rings. The molecular formula is C22H26Cl2N2OS2. The van der Waals surface area contributed by atoms with Crippen LogP contribution in [0.3, 0.4) is 0 Å². The number of piperazine rings is 1. The number of benzene rings is 1. The average Bonchev–Trinajstić information content (AvgIpc) is 3.44. The number of methoxy groups -OCH3 is 1. The fraction of sp³-hybridized carbons (Fsp3) is 0.273. The average molecular weight is 470 g/mol. The first-order valence-electron chi connectivity index (χ1n) is 9.41. The third kappa shape index (κ3) is 6.07. The van der Waals surface area contributed by atoms with Gasteiger partial charge < -0.3 is 34.5 Å². The zero-order chi connectivity index (χ0) is 18.5. The van der Waals surface area contributed by atoms with Crippen LogP contribution in [-0.2, 0) is 0 Å². The van der Waals surface area contributed by atoms with Gasteiger partial charge in [-0.2, -0.15) is 22.7 Å². The second-order valence-electron chi connectivity index (χ2n) is 6.93. The fourth-order valence-corrected chi connectivity index (χ4v) is 5.02. The Bertz CT molecular complexity index is 821. The SMILES string of the molecule is COc1ccc([NH+]2CC[NH+](CC=C(c3ccsc3)c3ccsc3)CC2)cc1.[Cl-].[Cl-]. The van der Waals surface area contributed by atoms with Gasteiger partial charge in [-0.25, -0.2) is 0 Å². The van der Waals surface area contributed by atoms with E-state index in [2.05, 4.69) is 64.0 Å². The monoisotopic (exact) mass is 468 g/mol. The third-order valence-electron chi connectivity index (χ3n) is 5.32. The van der Waals surface area contributed by atoms with Gasteiger partial charge in [0.15, 0.2) is 0 Å². The molecule has 7 heteroatoms. The molecule has 0 amide bonds. The van der Waals surface area contributed by atoms with E-state index in [0.29, 0.717) is 0 Å². The molecule has 1 aliphatic rings. The maximum absolute atomic E-state index is 5.27. The van der Waals surface area contributed by atoms with Crippen LogP contribution in [0.15, 0.2) is 64.0 Å². The van der Waals surface area contributed by atoms with Crippen LogP contribution in [0.5, 0.6) is 5.75 Å². The van der Waals surface area contributed by atoms with Crippen molar-refractivity contribution in [3.63, 3.8) is 0 Å². The van der Waals surface area contributed by atoms with Gasteiger partial charge in [0.1, 0.15) is 37.6 Å². The minimum atomic E-state index is 0. The molecule has 0 radical (unpaired) electrons. The van der Waals surface area contributed by atoms with E-state index < -0.39 is 0 Å². The molecule has 3 nitrogen and oxygen atoms in total. The zero-order valence-corrected chi connectivity index (χ0v) is 19.5.